The Morgan fingerprint density at radius 3 is 2.50 bits per heavy atom. The second kappa shape index (κ2) is 13.6. The summed E-state index contributed by atoms with van der Waals surface area (Å²) in [5, 5.41) is 11.2. The first-order valence-electron chi connectivity index (χ1n) is 12.8. The molecule has 0 saturated carbocycles. The van der Waals surface area contributed by atoms with Crippen molar-refractivity contribution in [3.8, 4) is 0 Å². The second-order valence-electron chi connectivity index (χ2n) is 9.29. The van der Waals surface area contributed by atoms with E-state index in [1.165, 1.54) is 4.90 Å². The Hall–Kier alpha value is -3.68. The van der Waals surface area contributed by atoms with Crippen LogP contribution in [0.25, 0.3) is 0 Å². The summed E-state index contributed by atoms with van der Waals surface area (Å²) >= 11 is 12.9. The van der Waals surface area contributed by atoms with Crippen molar-refractivity contribution >= 4 is 35.0 Å². The van der Waals surface area contributed by atoms with E-state index in [2.05, 4.69) is 12.1 Å². The first-order valence-corrected chi connectivity index (χ1v) is 13.5. The highest BCUT2D eigenvalue weighted by molar-refractivity contribution is 6.35. The minimum atomic E-state index is -0.926. The van der Waals surface area contributed by atoms with Crippen LogP contribution in [0.5, 0.6) is 0 Å². The second-order valence-corrected chi connectivity index (χ2v) is 10.1. The predicted molar refractivity (Wildman–Crippen MR) is 158 cm³/mol. The minimum absolute atomic E-state index is 0.155. The van der Waals surface area contributed by atoms with Crippen molar-refractivity contribution in [3.05, 3.63) is 142 Å². The Balaban J connectivity index is 1.82. The van der Waals surface area contributed by atoms with Crippen LogP contribution in [0.1, 0.15) is 45.9 Å². The molecule has 0 fully saturated rings. The highest BCUT2D eigenvalue weighted by atomic mass is 35.5. The molecule has 1 aliphatic heterocycles. The number of aliphatic hydroxyl groups is 1. The lowest BCUT2D eigenvalue weighted by molar-refractivity contribution is -0.138. The predicted octanol–water partition coefficient (Wildman–Crippen LogP) is 6.57. The summed E-state index contributed by atoms with van der Waals surface area (Å²) in [5.41, 5.74) is 5.32. The fourth-order valence-corrected chi connectivity index (χ4v) is 5.38. The van der Waals surface area contributed by atoms with Crippen LogP contribution >= 0.6 is 23.2 Å². The normalized spacial score (nSPS) is 17.7. The quantitative estimate of drug-likeness (QED) is 0.211. The number of halogens is 2. The summed E-state index contributed by atoms with van der Waals surface area (Å²) < 4.78 is 0. The minimum Gasteiger partial charge on any atom is -0.394 e. The number of benzene rings is 3. The van der Waals surface area contributed by atoms with Gasteiger partial charge < -0.3 is 10.0 Å². The first kappa shape index (κ1) is 29.3. The molecule has 3 atom stereocenters. The van der Waals surface area contributed by atoms with E-state index in [0.29, 0.717) is 27.3 Å². The van der Waals surface area contributed by atoms with Crippen LogP contribution in [0.3, 0.4) is 0 Å². The number of carbonyl (C=O) groups excluding carboxylic acids is 2. The van der Waals surface area contributed by atoms with Gasteiger partial charge in [0.2, 0.25) is 0 Å². The Bertz CT molecular complexity index is 1440. The molecule has 0 radical (unpaired) electrons. The maximum atomic E-state index is 14.1. The molecule has 1 aliphatic rings. The van der Waals surface area contributed by atoms with Gasteiger partial charge in [0.1, 0.15) is 0 Å². The van der Waals surface area contributed by atoms with Crippen LogP contribution in [0.2, 0.25) is 10.0 Å². The third-order valence-corrected chi connectivity index (χ3v) is 7.31. The number of hydroxylamine groups is 1. The monoisotopic (exact) mass is 576 g/mol. The van der Waals surface area contributed by atoms with Crippen LogP contribution in [-0.2, 0) is 16.2 Å². The molecular weight excluding hydrogens is 547 g/mol. The number of amides is 2. The molecule has 0 bridgehead atoms. The summed E-state index contributed by atoms with van der Waals surface area (Å²) in [6.07, 6.45) is 7.18. The van der Waals surface area contributed by atoms with Crippen LogP contribution in [0.4, 0.5) is 0 Å². The van der Waals surface area contributed by atoms with E-state index in [1.54, 1.807) is 54.6 Å². The van der Waals surface area contributed by atoms with E-state index in [1.807, 2.05) is 49.4 Å². The zero-order valence-electron chi connectivity index (χ0n) is 22.0. The lowest BCUT2D eigenvalue weighted by Gasteiger charge is -2.45. The van der Waals surface area contributed by atoms with Crippen LogP contribution in [-0.4, -0.2) is 34.5 Å². The van der Waals surface area contributed by atoms with E-state index >= 15 is 0 Å². The van der Waals surface area contributed by atoms with E-state index in [0.717, 1.165) is 5.56 Å². The number of hydrogen-bond acceptors (Lipinski definition) is 4. The van der Waals surface area contributed by atoms with Gasteiger partial charge in [0.15, 0.2) is 0 Å². The summed E-state index contributed by atoms with van der Waals surface area (Å²) in [7, 11) is 0. The molecule has 4 rings (SSSR count). The van der Waals surface area contributed by atoms with Crippen molar-refractivity contribution < 1.29 is 19.5 Å². The number of aliphatic hydroxyl groups excluding tert-OH is 1. The number of nitrogens with zero attached hydrogens (tertiary/aromatic N) is 1. The summed E-state index contributed by atoms with van der Waals surface area (Å²) in [4.78, 5) is 35.1. The van der Waals surface area contributed by atoms with Crippen molar-refractivity contribution in [1.29, 1.82) is 0 Å². The summed E-state index contributed by atoms with van der Waals surface area (Å²) in [5.74, 6) is -1.76. The van der Waals surface area contributed by atoms with Crippen molar-refractivity contribution in [3.63, 3.8) is 0 Å². The molecule has 2 amide bonds. The Labute approximate surface area is 244 Å². The maximum Gasteiger partial charge on any atom is 0.255 e. The van der Waals surface area contributed by atoms with Gasteiger partial charge in [0.25, 0.3) is 11.8 Å². The SMILES string of the molecule is C=C(/C=C\C=C/C)[C@@H](CO)N1C(=O)c2ccccc2[C@@H](C(=O)NOCc2ccccc2)[C@@H]1c1ccc(Cl)cc1Cl. The summed E-state index contributed by atoms with van der Waals surface area (Å²) in [6.45, 7) is 5.74. The molecule has 40 heavy (non-hydrogen) atoms. The van der Waals surface area contributed by atoms with Crippen molar-refractivity contribution in [2.75, 3.05) is 6.61 Å². The van der Waals surface area contributed by atoms with E-state index in [-0.39, 0.29) is 17.5 Å². The van der Waals surface area contributed by atoms with Gasteiger partial charge in [-0.05, 0) is 47.4 Å². The van der Waals surface area contributed by atoms with Gasteiger partial charge in [0, 0.05) is 15.6 Å². The van der Waals surface area contributed by atoms with Gasteiger partial charge in [-0.15, -0.1) is 0 Å². The fraction of sp³-hybridized carbons (Fsp3) is 0.188. The zero-order chi connectivity index (χ0) is 28.6. The Morgan fingerprint density at radius 1 is 1.07 bits per heavy atom. The zero-order valence-corrected chi connectivity index (χ0v) is 23.5. The molecule has 6 nitrogen and oxygen atoms in total. The molecule has 8 heteroatoms. The van der Waals surface area contributed by atoms with Gasteiger partial charge in [-0.3, -0.25) is 14.4 Å². The highest BCUT2D eigenvalue weighted by Gasteiger charge is 2.47. The van der Waals surface area contributed by atoms with Gasteiger partial charge in [-0.2, -0.15) is 0 Å². The van der Waals surface area contributed by atoms with Crippen molar-refractivity contribution in [2.24, 2.45) is 0 Å². The number of hydrogen-bond donors (Lipinski definition) is 2. The Morgan fingerprint density at radius 2 is 1.80 bits per heavy atom. The molecule has 0 saturated heterocycles. The van der Waals surface area contributed by atoms with Crippen LogP contribution in [0.15, 0.2) is 109 Å². The Kier molecular flexibility index (Phi) is 9.96. The number of fused-ring (bicyclic) bond motifs is 1. The molecule has 1 heterocycles. The third kappa shape index (κ3) is 6.37. The first-order chi connectivity index (χ1) is 19.4. The fourth-order valence-electron chi connectivity index (χ4n) is 4.86. The average molecular weight is 578 g/mol. The lowest BCUT2D eigenvalue weighted by Crippen LogP contribution is -2.53. The van der Waals surface area contributed by atoms with Crippen LogP contribution in [0, 0.1) is 0 Å². The van der Waals surface area contributed by atoms with Crippen molar-refractivity contribution in [1.82, 2.24) is 10.4 Å². The largest absolute Gasteiger partial charge is 0.394 e. The standard InChI is InChI=1S/C32H30Cl2N2O4/c1-3-4-6-11-21(2)28(19-37)36-30(26-17-16-23(33)18-27(26)34)29(24-14-9-10-15-25(24)32(36)39)31(38)35-40-20-22-12-7-5-8-13-22/h3-18,28-30,37H,2,19-20H2,1H3,(H,35,38)/b4-3-,11-6-/t28-,29-,30+/m1/s1. The van der Waals surface area contributed by atoms with Crippen molar-refractivity contribution in [2.45, 2.75) is 31.5 Å². The topological polar surface area (TPSA) is 78.9 Å². The lowest BCUT2D eigenvalue weighted by atomic mass is 9.78. The van der Waals surface area contributed by atoms with Gasteiger partial charge in [-0.1, -0.05) is 109 Å². The van der Waals surface area contributed by atoms with E-state index in [4.69, 9.17) is 28.0 Å². The molecule has 3 aromatic carbocycles. The maximum absolute atomic E-state index is 14.1. The van der Waals surface area contributed by atoms with E-state index in [9.17, 15) is 14.7 Å². The molecule has 0 spiro atoms. The highest BCUT2D eigenvalue weighted by Crippen LogP contribution is 2.46. The van der Waals surface area contributed by atoms with Gasteiger partial charge in [-0.25, -0.2) is 5.48 Å². The van der Waals surface area contributed by atoms with Crippen LogP contribution < -0.4 is 5.48 Å². The van der Waals surface area contributed by atoms with E-state index < -0.39 is 30.5 Å². The molecular formula is C32H30Cl2N2O4. The molecule has 0 unspecified atom stereocenters. The molecule has 206 valence electrons. The average Bonchev–Trinajstić information content (AvgIpc) is 2.95. The summed E-state index contributed by atoms with van der Waals surface area (Å²) in [6, 6.07) is 19.5. The smallest absolute Gasteiger partial charge is 0.255 e. The molecule has 2 N–H and O–H groups in total. The van der Waals surface area contributed by atoms with Gasteiger partial charge >= 0.3 is 0 Å². The number of carbonyl (C=O) groups is 2. The molecule has 0 aromatic heterocycles. The third-order valence-electron chi connectivity index (χ3n) is 6.74. The number of nitrogens with one attached hydrogen (secondary N) is 1. The number of rotatable bonds is 10. The van der Waals surface area contributed by atoms with Gasteiger partial charge in [0.05, 0.1) is 31.2 Å². The molecule has 0 aliphatic carbocycles. The number of allylic oxidation sites excluding steroid dienone is 3. The molecule has 3 aromatic rings.